The zero-order valence-electron chi connectivity index (χ0n) is 18.8. The fraction of sp³-hybridized carbons (Fsp3) is 0.200. The highest BCUT2D eigenvalue weighted by atomic mass is 16.5. The molecule has 2 aromatic heterocycles. The molecule has 0 aliphatic rings. The first kappa shape index (κ1) is 22.8. The summed E-state index contributed by atoms with van der Waals surface area (Å²) >= 11 is 0. The van der Waals surface area contributed by atoms with Crippen LogP contribution in [0.3, 0.4) is 0 Å². The van der Waals surface area contributed by atoms with Crippen LogP contribution in [0.25, 0.3) is 0 Å². The van der Waals surface area contributed by atoms with Crippen LogP contribution in [0.5, 0.6) is 5.75 Å². The lowest BCUT2D eigenvalue weighted by molar-refractivity contribution is -0.122. The van der Waals surface area contributed by atoms with Gasteiger partial charge in [0.25, 0.3) is 0 Å². The lowest BCUT2D eigenvalue weighted by Crippen LogP contribution is -2.27. The van der Waals surface area contributed by atoms with Gasteiger partial charge in [-0.2, -0.15) is 10.2 Å². The van der Waals surface area contributed by atoms with Crippen LogP contribution in [0, 0.1) is 0 Å². The van der Waals surface area contributed by atoms with E-state index in [1.165, 1.54) is 10.9 Å². The highest BCUT2D eigenvalue weighted by Crippen LogP contribution is 2.18. The normalized spacial score (nSPS) is 10.6. The van der Waals surface area contributed by atoms with Crippen molar-refractivity contribution in [2.45, 2.75) is 26.1 Å². The van der Waals surface area contributed by atoms with Gasteiger partial charge in [0.2, 0.25) is 11.8 Å². The van der Waals surface area contributed by atoms with Gasteiger partial charge < -0.3 is 15.4 Å². The van der Waals surface area contributed by atoms with Crippen LogP contribution in [0.1, 0.15) is 16.7 Å². The number of hydrogen-bond acceptors (Lipinski definition) is 5. The molecule has 34 heavy (non-hydrogen) atoms. The maximum atomic E-state index is 12.4. The second-order valence-electron chi connectivity index (χ2n) is 7.77. The van der Waals surface area contributed by atoms with Crippen molar-refractivity contribution in [2.24, 2.45) is 0 Å². The minimum Gasteiger partial charge on any atom is -0.496 e. The van der Waals surface area contributed by atoms with Crippen LogP contribution in [0.4, 0.5) is 5.69 Å². The van der Waals surface area contributed by atoms with Gasteiger partial charge in [-0.05, 0) is 11.6 Å². The topological polar surface area (TPSA) is 103 Å². The van der Waals surface area contributed by atoms with E-state index in [-0.39, 0.29) is 24.8 Å². The summed E-state index contributed by atoms with van der Waals surface area (Å²) in [6, 6.07) is 17.4. The monoisotopic (exact) mass is 458 g/mol. The highest BCUT2D eigenvalue weighted by Gasteiger charge is 2.11. The van der Waals surface area contributed by atoms with Gasteiger partial charge in [-0.1, -0.05) is 48.5 Å². The molecule has 174 valence electrons. The molecular formula is C25H26N6O3. The van der Waals surface area contributed by atoms with Crippen LogP contribution in [-0.2, 0) is 35.6 Å². The summed E-state index contributed by atoms with van der Waals surface area (Å²) in [7, 11) is 1.57. The zero-order chi connectivity index (χ0) is 23.8. The molecular weight excluding hydrogens is 432 g/mol. The minimum absolute atomic E-state index is 0.0422. The van der Waals surface area contributed by atoms with Crippen molar-refractivity contribution in [3.05, 3.63) is 96.1 Å². The van der Waals surface area contributed by atoms with Crippen molar-refractivity contribution in [1.29, 1.82) is 0 Å². The lowest BCUT2D eigenvalue weighted by atomic mass is 10.1. The summed E-state index contributed by atoms with van der Waals surface area (Å²) in [5.41, 5.74) is 3.39. The Kier molecular flexibility index (Phi) is 7.34. The van der Waals surface area contributed by atoms with Gasteiger partial charge in [-0.25, -0.2) is 0 Å². The van der Waals surface area contributed by atoms with E-state index in [9.17, 15) is 9.59 Å². The Balaban J connectivity index is 1.23. The molecule has 2 aromatic carbocycles. The fourth-order valence-corrected chi connectivity index (χ4v) is 3.50. The summed E-state index contributed by atoms with van der Waals surface area (Å²) in [6.07, 6.45) is 6.97. The van der Waals surface area contributed by atoms with Gasteiger partial charge in [-0.15, -0.1) is 0 Å². The Bertz CT molecular complexity index is 1250. The number of methoxy groups -OCH3 is 1. The molecule has 0 atom stereocenters. The van der Waals surface area contributed by atoms with E-state index in [0.717, 1.165) is 16.7 Å². The number of benzene rings is 2. The smallest absolute Gasteiger partial charge is 0.242 e. The summed E-state index contributed by atoms with van der Waals surface area (Å²) in [5, 5.41) is 14.2. The summed E-state index contributed by atoms with van der Waals surface area (Å²) in [5.74, 6) is 0.280. The lowest BCUT2D eigenvalue weighted by Gasteiger charge is -2.07. The quantitative estimate of drug-likeness (QED) is 0.380. The van der Waals surface area contributed by atoms with Crippen molar-refractivity contribution in [1.82, 2.24) is 24.9 Å². The van der Waals surface area contributed by atoms with E-state index in [2.05, 4.69) is 20.8 Å². The second kappa shape index (κ2) is 11.0. The molecule has 0 bridgehead atoms. The molecule has 0 saturated carbocycles. The molecule has 0 unspecified atom stereocenters. The molecule has 4 rings (SSSR count). The molecule has 9 heteroatoms. The first-order valence-electron chi connectivity index (χ1n) is 10.8. The first-order valence-corrected chi connectivity index (χ1v) is 10.8. The molecule has 0 aliphatic carbocycles. The van der Waals surface area contributed by atoms with Gasteiger partial charge in [0.15, 0.2) is 0 Å². The Morgan fingerprint density at radius 2 is 1.65 bits per heavy atom. The number of para-hydroxylation sites is 1. The van der Waals surface area contributed by atoms with E-state index < -0.39 is 0 Å². The maximum Gasteiger partial charge on any atom is 0.242 e. The molecule has 2 N–H and O–H groups in total. The molecule has 4 aromatic rings. The third-order valence-electron chi connectivity index (χ3n) is 5.13. The van der Waals surface area contributed by atoms with Crippen LogP contribution in [0.2, 0.25) is 0 Å². The van der Waals surface area contributed by atoms with Crippen LogP contribution >= 0.6 is 0 Å². The summed E-state index contributed by atoms with van der Waals surface area (Å²) in [4.78, 5) is 24.7. The maximum absolute atomic E-state index is 12.4. The Labute approximate surface area is 197 Å². The summed E-state index contributed by atoms with van der Waals surface area (Å²) < 4.78 is 8.60. The van der Waals surface area contributed by atoms with E-state index in [0.29, 0.717) is 24.5 Å². The van der Waals surface area contributed by atoms with E-state index in [1.807, 2.05) is 65.5 Å². The predicted octanol–water partition coefficient (Wildman–Crippen LogP) is 2.63. The molecule has 0 fully saturated rings. The van der Waals surface area contributed by atoms with Crippen LogP contribution < -0.4 is 15.4 Å². The SMILES string of the molecule is COc1ccccc1CC(=O)Nc1cnn(CC(=O)NCc2cnn(Cc3ccccc3)c2)c1. The third kappa shape index (κ3) is 6.32. The molecule has 0 aliphatic heterocycles. The average Bonchev–Trinajstić information content (AvgIpc) is 3.47. The number of hydrogen-bond donors (Lipinski definition) is 2. The van der Waals surface area contributed by atoms with Gasteiger partial charge in [0, 0.05) is 30.1 Å². The highest BCUT2D eigenvalue weighted by molar-refractivity contribution is 5.92. The minimum atomic E-state index is -0.194. The molecule has 2 heterocycles. The third-order valence-corrected chi connectivity index (χ3v) is 5.13. The number of carbonyl (C=O) groups is 2. The van der Waals surface area contributed by atoms with Crippen molar-refractivity contribution < 1.29 is 14.3 Å². The molecule has 0 spiro atoms. The largest absolute Gasteiger partial charge is 0.496 e. The molecule has 0 radical (unpaired) electrons. The van der Waals surface area contributed by atoms with E-state index in [4.69, 9.17) is 4.74 Å². The first-order chi connectivity index (χ1) is 16.6. The Hall–Kier alpha value is -4.40. The number of nitrogens with zero attached hydrogens (tertiary/aromatic N) is 4. The number of aromatic nitrogens is 4. The summed E-state index contributed by atoms with van der Waals surface area (Å²) in [6.45, 7) is 1.09. The number of carbonyl (C=O) groups excluding carboxylic acids is 2. The predicted molar refractivity (Wildman–Crippen MR) is 127 cm³/mol. The van der Waals surface area contributed by atoms with Crippen molar-refractivity contribution in [3.63, 3.8) is 0 Å². The Morgan fingerprint density at radius 1 is 0.882 bits per heavy atom. The van der Waals surface area contributed by atoms with Gasteiger partial charge in [-0.3, -0.25) is 19.0 Å². The van der Waals surface area contributed by atoms with E-state index >= 15 is 0 Å². The van der Waals surface area contributed by atoms with Gasteiger partial charge >= 0.3 is 0 Å². The second-order valence-corrected chi connectivity index (χ2v) is 7.77. The van der Waals surface area contributed by atoms with Crippen LogP contribution in [-0.4, -0.2) is 38.5 Å². The number of nitrogens with one attached hydrogen (secondary N) is 2. The Morgan fingerprint density at radius 3 is 2.47 bits per heavy atom. The van der Waals surface area contributed by atoms with Crippen molar-refractivity contribution >= 4 is 17.5 Å². The molecule has 0 saturated heterocycles. The van der Waals surface area contributed by atoms with Crippen LogP contribution in [0.15, 0.2) is 79.4 Å². The number of rotatable bonds is 10. The number of anilines is 1. The van der Waals surface area contributed by atoms with Gasteiger partial charge in [0.1, 0.15) is 12.3 Å². The number of ether oxygens (including phenoxy) is 1. The average molecular weight is 459 g/mol. The molecule has 9 nitrogen and oxygen atoms in total. The zero-order valence-corrected chi connectivity index (χ0v) is 18.8. The molecule has 2 amide bonds. The van der Waals surface area contributed by atoms with E-state index in [1.54, 1.807) is 19.5 Å². The van der Waals surface area contributed by atoms with Crippen molar-refractivity contribution in [3.8, 4) is 5.75 Å². The van der Waals surface area contributed by atoms with Crippen molar-refractivity contribution in [2.75, 3.05) is 12.4 Å². The fourth-order valence-electron chi connectivity index (χ4n) is 3.50. The van der Waals surface area contributed by atoms with Gasteiger partial charge in [0.05, 0.1) is 38.2 Å². The number of amides is 2. The standard InChI is InChI=1S/C25H26N6O3/c1-34-23-10-6-5-9-21(23)11-24(32)29-22-14-28-31(17-22)18-25(33)26-12-20-13-27-30(16-20)15-19-7-3-2-4-8-19/h2-10,13-14,16-17H,11-12,15,18H2,1H3,(H,26,33)(H,29,32).